The first-order chi connectivity index (χ1) is 6.52. The molecule has 0 spiro atoms. The molecule has 7 heteroatoms. The van der Waals surface area contributed by atoms with Crippen molar-refractivity contribution >= 4 is 12.2 Å². The number of rotatable bonds is 6. The summed E-state index contributed by atoms with van der Waals surface area (Å²) in [6.07, 6.45) is -2.43. The molecule has 0 radical (unpaired) electrons. The summed E-state index contributed by atoms with van der Waals surface area (Å²) in [7, 11) is 0. The van der Waals surface area contributed by atoms with Crippen LogP contribution in [-0.2, 0) is 0 Å². The predicted molar refractivity (Wildman–Crippen MR) is 47.3 cm³/mol. The Morgan fingerprint density at radius 3 is 1.64 bits per heavy atom. The zero-order valence-corrected chi connectivity index (χ0v) is 7.56. The molecule has 7 nitrogen and oxygen atoms in total. The molecule has 5 N–H and O–H groups in total. The minimum atomic E-state index is -1.14. The van der Waals surface area contributed by atoms with Crippen LogP contribution in [0.1, 0.15) is 12.8 Å². The molecule has 0 aliphatic heterocycles. The van der Waals surface area contributed by atoms with Crippen molar-refractivity contribution in [1.82, 2.24) is 10.6 Å². The zero-order chi connectivity index (χ0) is 11.0. The van der Waals surface area contributed by atoms with Crippen LogP contribution in [0.15, 0.2) is 0 Å². The molecule has 0 bridgehead atoms. The van der Waals surface area contributed by atoms with Gasteiger partial charge in [-0.2, -0.15) is 0 Å². The van der Waals surface area contributed by atoms with Crippen LogP contribution in [0.4, 0.5) is 9.59 Å². The number of carboxylic acid groups (broad SMARTS) is 2. The smallest absolute Gasteiger partial charge is 0.404 e. The monoisotopic (exact) mass is 206 g/mol. The van der Waals surface area contributed by atoms with Gasteiger partial charge in [-0.3, -0.25) is 0 Å². The first-order valence-electron chi connectivity index (χ1n) is 4.14. The van der Waals surface area contributed by atoms with Gasteiger partial charge < -0.3 is 26.0 Å². The van der Waals surface area contributed by atoms with E-state index in [9.17, 15) is 14.7 Å². The molecule has 0 aromatic carbocycles. The summed E-state index contributed by atoms with van der Waals surface area (Å²) in [6, 6.07) is 0. The van der Waals surface area contributed by atoms with Gasteiger partial charge in [-0.1, -0.05) is 0 Å². The molecule has 0 rings (SSSR count). The predicted octanol–water partition coefficient (Wildman–Crippen LogP) is -0.337. The van der Waals surface area contributed by atoms with Gasteiger partial charge in [0.15, 0.2) is 0 Å². The van der Waals surface area contributed by atoms with E-state index in [4.69, 9.17) is 10.2 Å². The van der Waals surface area contributed by atoms with Crippen LogP contribution in [0.3, 0.4) is 0 Å². The van der Waals surface area contributed by atoms with Gasteiger partial charge in [0.1, 0.15) is 0 Å². The van der Waals surface area contributed by atoms with E-state index < -0.39 is 18.3 Å². The van der Waals surface area contributed by atoms with E-state index in [1.54, 1.807) is 0 Å². The van der Waals surface area contributed by atoms with Crippen LogP contribution >= 0.6 is 0 Å². The maximum Gasteiger partial charge on any atom is 0.404 e. The standard InChI is InChI=1S/C7H14N2O5/c10-5(1-3-8-6(11)12)2-4-9-7(13)14/h5,8-10H,1-4H2,(H,11,12)(H,13,14). The van der Waals surface area contributed by atoms with E-state index in [2.05, 4.69) is 10.6 Å². The Hall–Kier alpha value is -1.50. The second kappa shape index (κ2) is 6.96. The quantitative estimate of drug-likeness (QED) is 0.407. The second-order valence-corrected chi connectivity index (χ2v) is 2.70. The van der Waals surface area contributed by atoms with Crippen molar-refractivity contribution in [2.75, 3.05) is 13.1 Å². The lowest BCUT2D eigenvalue weighted by molar-refractivity contribution is 0.149. The average molecular weight is 206 g/mol. The lowest BCUT2D eigenvalue weighted by atomic mass is 10.2. The van der Waals surface area contributed by atoms with Crippen molar-refractivity contribution in [3.8, 4) is 0 Å². The Kier molecular flexibility index (Phi) is 6.21. The third kappa shape index (κ3) is 8.60. The lowest BCUT2D eigenvalue weighted by Gasteiger charge is -2.09. The highest BCUT2D eigenvalue weighted by Crippen LogP contribution is 1.94. The van der Waals surface area contributed by atoms with E-state index in [0.717, 1.165) is 0 Å². The average Bonchev–Trinajstić information content (AvgIpc) is 2.02. The van der Waals surface area contributed by atoms with Crippen molar-refractivity contribution in [2.24, 2.45) is 0 Å². The number of amides is 2. The fraction of sp³-hybridized carbons (Fsp3) is 0.714. The minimum Gasteiger partial charge on any atom is -0.465 e. The molecule has 0 aliphatic rings. The van der Waals surface area contributed by atoms with E-state index in [1.807, 2.05) is 0 Å². The summed E-state index contributed by atoms with van der Waals surface area (Å²) in [5.41, 5.74) is 0. The summed E-state index contributed by atoms with van der Waals surface area (Å²) in [5.74, 6) is 0. The topological polar surface area (TPSA) is 119 Å². The van der Waals surface area contributed by atoms with Crippen LogP contribution in [0.25, 0.3) is 0 Å². The first-order valence-corrected chi connectivity index (χ1v) is 4.14. The molecule has 0 aromatic heterocycles. The summed E-state index contributed by atoms with van der Waals surface area (Å²) < 4.78 is 0. The molecule has 82 valence electrons. The van der Waals surface area contributed by atoms with Gasteiger partial charge in [-0.25, -0.2) is 9.59 Å². The Morgan fingerprint density at radius 2 is 1.36 bits per heavy atom. The molecule has 14 heavy (non-hydrogen) atoms. The van der Waals surface area contributed by atoms with Crippen LogP contribution < -0.4 is 10.6 Å². The number of nitrogens with one attached hydrogen (secondary N) is 2. The van der Waals surface area contributed by atoms with Gasteiger partial charge in [0, 0.05) is 13.1 Å². The number of hydrogen-bond acceptors (Lipinski definition) is 3. The zero-order valence-electron chi connectivity index (χ0n) is 7.56. The Bertz CT molecular complexity index is 177. The highest BCUT2D eigenvalue weighted by atomic mass is 16.4. The van der Waals surface area contributed by atoms with Gasteiger partial charge in [0.25, 0.3) is 0 Å². The van der Waals surface area contributed by atoms with Crippen LogP contribution in [-0.4, -0.2) is 46.7 Å². The van der Waals surface area contributed by atoms with Crippen LogP contribution in [0.5, 0.6) is 0 Å². The number of aliphatic hydroxyl groups is 1. The molecule has 0 aliphatic carbocycles. The van der Waals surface area contributed by atoms with E-state index >= 15 is 0 Å². The second-order valence-electron chi connectivity index (χ2n) is 2.70. The fourth-order valence-electron chi connectivity index (χ4n) is 0.836. The molecule has 0 atom stereocenters. The third-order valence-electron chi connectivity index (χ3n) is 1.51. The number of aliphatic hydroxyl groups excluding tert-OH is 1. The molecule has 0 aromatic rings. The summed E-state index contributed by atoms with van der Waals surface area (Å²) in [6.45, 7) is 0.313. The molecule has 0 fully saturated rings. The largest absolute Gasteiger partial charge is 0.465 e. The Balaban J connectivity index is 3.32. The van der Waals surface area contributed by atoms with Gasteiger partial charge in [0.2, 0.25) is 0 Å². The van der Waals surface area contributed by atoms with Crippen molar-refractivity contribution in [1.29, 1.82) is 0 Å². The van der Waals surface area contributed by atoms with Gasteiger partial charge in [-0.05, 0) is 12.8 Å². The SMILES string of the molecule is O=C(O)NCCC(O)CCNC(=O)O. The summed E-state index contributed by atoms with van der Waals surface area (Å²) in [4.78, 5) is 20.0. The first kappa shape index (κ1) is 12.5. The highest BCUT2D eigenvalue weighted by molar-refractivity contribution is 5.64. The van der Waals surface area contributed by atoms with Crippen molar-refractivity contribution in [2.45, 2.75) is 18.9 Å². The molecular formula is C7H14N2O5. The fourth-order valence-corrected chi connectivity index (χ4v) is 0.836. The normalized spacial score (nSPS) is 9.86. The number of carbonyl (C=O) groups is 2. The molecule has 0 unspecified atom stereocenters. The molecular weight excluding hydrogens is 192 g/mol. The Labute approximate surface area is 80.7 Å². The summed E-state index contributed by atoms with van der Waals surface area (Å²) >= 11 is 0. The van der Waals surface area contributed by atoms with Gasteiger partial charge in [0.05, 0.1) is 6.10 Å². The molecule has 0 saturated heterocycles. The molecule has 2 amide bonds. The maximum absolute atomic E-state index is 10.0. The van der Waals surface area contributed by atoms with Gasteiger partial charge in [-0.15, -0.1) is 0 Å². The highest BCUT2D eigenvalue weighted by Gasteiger charge is 2.05. The summed E-state index contributed by atoms with van der Waals surface area (Å²) in [5, 5.41) is 29.8. The molecule has 0 heterocycles. The van der Waals surface area contributed by atoms with Crippen molar-refractivity contribution in [3.63, 3.8) is 0 Å². The van der Waals surface area contributed by atoms with Crippen LogP contribution in [0.2, 0.25) is 0 Å². The van der Waals surface area contributed by atoms with Crippen LogP contribution in [0, 0.1) is 0 Å². The number of hydrogen-bond donors (Lipinski definition) is 5. The van der Waals surface area contributed by atoms with E-state index in [0.29, 0.717) is 0 Å². The van der Waals surface area contributed by atoms with Gasteiger partial charge >= 0.3 is 12.2 Å². The Morgan fingerprint density at radius 1 is 1.00 bits per heavy atom. The van der Waals surface area contributed by atoms with E-state index in [-0.39, 0.29) is 25.9 Å². The van der Waals surface area contributed by atoms with Crippen molar-refractivity contribution < 1.29 is 24.9 Å². The minimum absolute atomic E-state index is 0.156. The molecule has 0 saturated carbocycles. The lowest BCUT2D eigenvalue weighted by Crippen LogP contribution is -2.28. The van der Waals surface area contributed by atoms with E-state index in [1.165, 1.54) is 0 Å². The third-order valence-corrected chi connectivity index (χ3v) is 1.51. The van der Waals surface area contributed by atoms with Crippen molar-refractivity contribution in [3.05, 3.63) is 0 Å². The maximum atomic E-state index is 10.0.